The molecule has 0 fully saturated rings. The molecule has 0 aliphatic heterocycles. The molecule has 0 saturated carbocycles. The quantitative estimate of drug-likeness (QED) is 0.324. The number of carbonyl (C=O) groups excluding carboxylic acids is 1. The van der Waals surface area contributed by atoms with Crippen LogP contribution < -0.4 is 14.2 Å². The van der Waals surface area contributed by atoms with Crippen molar-refractivity contribution in [2.24, 2.45) is 0 Å². The Labute approximate surface area is 151 Å². The number of methoxy groups -OCH3 is 3. The fourth-order valence-electron chi connectivity index (χ4n) is 2.45. The number of nitro benzene ring substituents is 1. The summed E-state index contributed by atoms with van der Waals surface area (Å²) >= 11 is 0. The predicted molar refractivity (Wildman–Crippen MR) is 97.3 cm³/mol. The van der Waals surface area contributed by atoms with Crippen LogP contribution in [0.25, 0.3) is 6.08 Å². The van der Waals surface area contributed by atoms with Crippen molar-refractivity contribution in [2.45, 2.75) is 6.92 Å². The van der Waals surface area contributed by atoms with Gasteiger partial charge in [-0.15, -0.1) is 0 Å². The number of hydrogen-bond donors (Lipinski definition) is 0. The second-order valence-corrected chi connectivity index (χ2v) is 5.42. The van der Waals surface area contributed by atoms with Crippen LogP contribution in [-0.2, 0) is 0 Å². The molecule has 0 radical (unpaired) electrons. The van der Waals surface area contributed by atoms with Crippen LogP contribution in [0, 0.1) is 17.0 Å². The first-order chi connectivity index (χ1) is 12.4. The first-order valence-electron chi connectivity index (χ1n) is 7.68. The summed E-state index contributed by atoms with van der Waals surface area (Å²) in [5.41, 5.74) is 1.24. The van der Waals surface area contributed by atoms with Gasteiger partial charge in [-0.1, -0.05) is 6.07 Å². The van der Waals surface area contributed by atoms with Gasteiger partial charge in [0, 0.05) is 18.2 Å². The van der Waals surface area contributed by atoms with Gasteiger partial charge in [0.1, 0.15) is 22.8 Å². The number of nitrogens with zero attached hydrogens (tertiary/aromatic N) is 1. The molecule has 0 aromatic heterocycles. The van der Waals surface area contributed by atoms with Crippen LogP contribution in [0.4, 0.5) is 5.69 Å². The van der Waals surface area contributed by atoms with Gasteiger partial charge in [-0.3, -0.25) is 14.9 Å². The van der Waals surface area contributed by atoms with Crippen molar-refractivity contribution in [3.63, 3.8) is 0 Å². The molecule has 136 valence electrons. The van der Waals surface area contributed by atoms with Crippen LogP contribution in [0.2, 0.25) is 0 Å². The highest BCUT2D eigenvalue weighted by atomic mass is 16.6. The van der Waals surface area contributed by atoms with E-state index in [1.165, 1.54) is 39.5 Å². The zero-order valence-electron chi connectivity index (χ0n) is 14.9. The number of ketones is 1. The van der Waals surface area contributed by atoms with Crippen LogP contribution in [0.5, 0.6) is 17.2 Å². The van der Waals surface area contributed by atoms with Crippen molar-refractivity contribution < 1.29 is 23.9 Å². The molecule has 0 N–H and O–H groups in total. The van der Waals surface area contributed by atoms with Crippen LogP contribution in [-0.4, -0.2) is 32.0 Å². The van der Waals surface area contributed by atoms with E-state index in [-0.39, 0.29) is 22.7 Å². The number of allylic oxidation sites excluding steroid dienone is 1. The first-order valence-corrected chi connectivity index (χ1v) is 7.68. The highest BCUT2D eigenvalue weighted by Gasteiger charge is 2.19. The summed E-state index contributed by atoms with van der Waals surface area (Å²) < 4.78 is 15.7. The summed E-state index contributed by atoms with van der Waals surface area (Å²) in [4.78, 5) is 23.4. The average molecular weight is 357 g/mol. The molecule has 0 aliphatic carbocycles. The van der Waals surface area contributed by atoms with Crippen LogP contribution in [0.15, 0.2) is 36.4 Å². The van der Waals surface area contributed by atoms with Gasteiger partial charge in [0.25, 0.3) is 5.69 Å². The summed E-state index contributed by atoms with van der Waals surface area (Å²) in [7, 11) is 4.35. The normalized spacial score (nSPS) is 10.6. The lowest BCUT2D eigenvalue weighted by molar-refractivity contribution is -0.385. The molecule has 0 atom stereocenters. The molecule has 2 aromatic carbocycles. The number of benzene rings is 2. The smallest absolute Gasteiger partial charge is 0.276 e. The largest absolute Gasteiger partial charge is 0.496 e. The fraction of sp³-hybridized carbons (Fsp3) is 0.211. The Morgan fingerprint density at radius 1 is 1.04 bits per heavy atom. The zero-order valence-corrected chi connectivity index (χ0v) is 14.9. The average Bonchev–Trinajstić information content (AvgIpc) is 2.65. The molecule has 0 amide bonds. The minimum atomic E-state index is -0.480. The van der Waals surface area contributed by atoms with Crippen LogP contribution in [0.3, 0.4) is 0 Å². The van der Waals surface area contributed by atoms with Gasteiger partial charge in [-0.05, 0) is 30.7 Å². The zero-order chi connectivity index (χ0) is 19.3. The van der Waals surface area contributed by atoms with Crippen molar-refractivity contribution >= 4 is 17.5 Å². The van der Waals surface area contributed by atoms with Crippen LogP contribution >= 0.6 is 0 Å². The Kier molecular flexibility index (Phi) is 5.95. The third kappa shape index (κ3) is 4.00. The van der Waals surface area contributed by atoms with E-state index in [2.05, 4.69) is 0 Å². The van der Waals surface area contributed by atoms with Gasteiger partial charge in [0.2, 0.25) is 0 Å². The Hall–Kier alpha value is -3.35. The first kappa shape index (κ1) is 19.0. The lowest BCUT2D eigenvalue weighted by Crippen LogP contribution is -2.03. The number of nitro groups is 1. The van der Waals surface area contributed by atoms with Gasteiger partial charge in [-0.2, -0.15) is 0 Å². The highest BCUT2D eigenvalue weighted by Crippen LogP contribution is 2.34. The molecule has 7 nitrogen and oxygen atoms in total. The maximum absolute atomic E-state index is 12.7. The second kappa shape index (κ2) is 8.15. The number of carbonyl (C=O) groups is 1. The van der Waals surface area contributed by atoms with Crippen molar-refractivity contribution in [2.75, 3.05) is 21.3 Å². The maximum Gasteiger partial charge on any atom is 0.276 e. The third-order valence-electron chi connectivity index (χ3n) is 3.76. The summed E-state index contributed by atoms with van der Waals surface area (Å²) in [6.45, 7) is 1.76. The van der Waals surface area contributed by atoms with Crippen LogP contribution in [0.1, 0.15) is 21.5 Å². The molecule has 0 spiro atoms. The molecule has 0 bridgehead atoms. The Morgan fingerprint density at radius 3 is 2.15 bits per heavy atom. The van der Waals surface area contributed by atoms with Crippen molar-refractivity contribution in [3.8, 4) is 17.2 Å². The lowest BCUT2D eigenvalue weighted by Gasteiger charge is -2.13. The predicted octanol–water partition coefficient (Wildman–Crippen LogP) is 3.83. The fourth-order valence-corrected chi connectivity index (χ4v) is 2.45. The van der Waals surface area contributed by atoms with E-state index in [0.717, 1.165) is 5.56 Å². The van der Waals surface area contributed by atoms with Crippen molar-refractivity contribution in [3.05, 3.63) is 63.2 Å². The van der Waals surface area contributed by atoms with Crippen molar-refractivity contribution in [1.29, 1.82) is 0 Å². The molecule has 2 aromatic rings. The van der Waals surface area contributed by atoms with E-state index >= 15 is 0 Å². The van der Waals surface area contributed by atoms with Crippen molar-refractivity contribution in [1.82, 2.24) is 0 Å². The maximum atomic E-state index is 12.7. The summed E-state index contributed by atoms with van der Waals surface area (Å²) in [5, 5.41) is 11.2. The van der Waals surface area contributed by atoms with E-state index in [1.807, 2.05) is 0 Å². The molecule has 0 saturated heterocycles. The van der Waals surface area contributed by atoms with E-state index in [9.17, 15) is 14.9 Å². The lowest BCUT2D eigenvalue weighted by atomic mass is 10.0. The number of ether oxygens (including phenoxy) is 3. The summed E-state index contributed by atoms with van der Waals surface area (Å²) in [5.74, 6) is 0.646. The van der Waals surface area contributed by atoms with Gasteiger partial charge >= 0.3 is 0 Å². The molecule has 0 aliphatic rings. The SMILES string of the molecule is COc1cc(OC)c(C(=O)/C=C/c2ccc(C)cc2[N+](=O)[O-])c(OC)c1. The molecule has 0 heterocycles. The van der Waals surface area contributed by atoms with E-state index in [4.69, 9.17) is 14.2 Å². The molecule has 2 rings (SSSR count). The third-order valence-corrected chi connectivity index (χ3v) is 3.76. The molecular weight excluding hydrogens is 338 g/mol. The standard InChI is InChI=1S/C19H19NO6/c1-12-5-6-13(15(9-12)20(22)23)7-8-16(21)19-17(25-3)10-14(24-2)11-18(19)26-4/h5-11H,1-4H3/b8-7+. The highest BCUT2D eigenvalue weighted by molar-refractivity contribution is 6.10. The number of aryl methyl sites for hydroxylation is 1. The molecule has 0 unspecified atom stereocenters. The van der Waals surface area contributed by atoms with Gasteiger partial charge in [0.05, 0.1) is 31.8 Å². The number of hydrogen-bond acceptors (Lipinski definition) is 6. The summed E-state index contributed by atoms with van der Waals surface area (Å²) in [6.07, 6.45) is 2.66. The van der Waals surface area contributed by atoms with E-state index in [0.29, 0.717) is 11.3 Å². The molecular formula is C19H19NO6. The Bertz CT molecular complexity index is 847. The van der Waals surface area contributed by atoms with Gasteiger partial charge in [0.15, 0.2) is 5.78 Å². The van der Waals surface area contributed by atoms with E-state index in [1.54, 1.807) is 31.2 Å². The minimum absolute atomic E-state index is 0.0669. The topological polar surface area (TPSA) is 87.9 Å². The van der Waals surface area contributed by atoms with Gasteiger partial charge in [-0.25, -0.2) is 0 Å². The molecule has 26 heavy (non-hydrogen) atoms. The van der Waals surface area contributed by atoms with E-state index < -0.39 is 10.7 Å². The summed E-state index contributed by atoms with van der Waals surface area (Å²) in [6, 6.07) is 7.93. The Morgan fingerprint density at radius 2 is 1.65 bits per heavy atom. The van der Waals surface area contributed by atoms with Gasteiger partial charge < -0.3 is 14.2 Å². The monoisotopic (exact) mass is 357 g/mol. The minimum Gasteiger partial charge on any atom is -0.496 e. The number of rotatable bonds is 7. The molecule has 7 heteroatoms. The Balaban J connectivity index is 2.45. The second-order valence-electron chi connectivity index (χ2n) is 5.42.